The fourth-order valence-corrected chi connectivity index (χ4v) is 1.73. The van der Waals surface area contributed by atoms with Crippen LogP contribution in [0.25, 0.3) is 0 Å². The van der Waals surface area contributed by atoms with E-state index >= 15 is 0 Å². The van der Waals surface area contributed by atoms with Crippen molar-refractivity contribution in [3.63, 3.8) is 0 Å². The van der Waals surface area contributed by atoms with Gasteiger partial charge in [0.2, 0.25) is 5.91 Å². The summed E-state index contributed by atoms with van der Waals surface area (Å²) in [6.45, 7) is 0. The molecule has 0 aromatic rings. The minimum absolute atomic E-state index is 0.147. The third-order valence-electron chi connectivity index (χ3n) is 2.51. The molecule has 1 N–H and O–H groups in total. The van der Waals surface area contributed by atoms with Crippen LogP contribution in [-0.2, 0) is 19.1 Å². The molecule has 1 amide bonds. The molecule has 5 nitrogen and oxygen atoms in total. The van der Waals surface area contributed by atoms with Crippen molar-refractivity contribution in [2.45, 2.75) is 31.2 Å². The molecule has 2 aliphatic rings. The minimum Gasteiger partial charge on any atom is -0.391 e. The molecule has 0 unspecified atom stereocenters. The summed E-state index contributed by atoms with van der Waals surface area (Å²) in [6.07, 6.45) is 1.35. The second-order valence-electron chi connectivity index (χ2n) is 3.39. The first-order valence-electron chi connectivity index (χ1n) is 4.18. The number of carbonyl (C=O) groups excluding carboxylic acids is 3. The molecule has 2 saturated heterocycles. The monoisotopic (exact) mass is 183 g/mol. The Balaban J connectivity index is 2.19. The fraction of sp³-hybridized carbons (Fsp3) is 0.625. The van der Waals surface area contributed by atoms with E-state index in [4.69, 9.17) is 0 Å². The Labute approximate surface area is 74.4 Å². The second-order valence-corrected chi connectivity index (χ2v) is 3.39. The predicted molar refractivity (Wildman–Crippen MR) is 40.4 cm³/mol. The van der Waals surface area contributed by atoms with E-state index in [9.17, 15) is 14.4 Å². The van der Waals surface area contributed by atoms with E-state index in [1.807, 2.05) is 0 Å². The van der Waals surface area contributed by atoms with Crippen molar-refractivity contribution in [1.29, 1.82) is 0 Å². The van der Waals surface area contributed by atoms with E-state index in [1.54, 1.807) is 0 Å². The molecular weight excluding hydrogens is 174 g/mol. The molecular formula is C8H9NO4. The van der Waals surface area contributed by atoms with Crippen molar-refractivity contribution < 1.29 is 19.1 Å². The summed E-state index contributed by atoms with van der Waals surface area (Å²) in [4.78, 5) is 33.0. The first-order chi connectivity index (χ1) is 6.12. The first kappa shape index (κ1) is 8.22. The SMILES string of the molecule is O=C1CC[C@@]2(CCC(=O)OC2=O)N1. The Kier molecular flexibility index (Phi) is 1.61. The van der Waals surface area contributed by atoms with Crippen molar-refractivity contribution in [3.8, 4) is 0 Å². The molecule has 0 aromatic heterocycles. The first-order valence-corrected chi connectivity index (χ1v) is 4.18. The normalized spacial score (nSPS) is 33.4. The van der Waals surface area contributed by atoms with Crippen LogP contribution in [0.1, 0.15) is 25.7 Å². The van der Waals surface area contributed by atoms with Crippen LogP contribution in [0.4, 0.5) is 0 Å². The van der Waals surface area contributed by atoms with Crippen LogP contribution in [0.5, 0.6) is 0 Å². The Morgan fingerprint density at radius 2 is 1.85 bits per heavy atom. The van der Waals surface area contributed by atoms with Gasteiger partial charge in [-0.2, -0.15) is 0 Å². The second kappa shape index (κ2) is 2.55. The summed E-state index contributed by atoms with van der Waals surface area (Å²) in [5.74, 6) is -1.25. The quantitative estimate of drug-likeness (QED) is 0.406. The van der Waals surface area contributed by atoms with Gasteiger partial charge in [0, 0.05) is 12.8 Å². The van der Waals surface area contributed by atoms with Gasteiger partial charge < -0.3 is 10.1 Å². The maximum Gasteiger partial charge on any atom is 0.339 e. The highest BCUT2D eigenvalue weighted by atomic mass is 16.6. The number of carbonyl (C=O) groups is 3. The lowest BCUT2D eigenvalue weighted by Crippen LogP contribution is -2.53. The van der Waals surface area contributed by atoms with E-state index in [0.717, 1.165) is 0 Å². The summed E-state index contributed by atoms with van der Waals surface area (Å²) in [6, 6.07) is 0. The molecule has 0 bridgehead atoms. The summed E-state index contributed by atoms with van der Waals surface area (Å²) >= 11 is 0. The molecule has 0 saturated carbocycles. The van der Waals surface area contributed by atoms with Gasteiger partial charge in [0.05, 0.1) is 0 Å². The molecule has 2 heterocycles. The Morgan fingerprint density at radius 1 is 1.15 bits per heavy atom. The van der Waals surface area contributed by atoms with Crippen LogP contribution in [0.15, 0.2) is 0 Å². The average molecular weight is 183 g/mol. The number of hydrogen-bond acceptors (Lipinski definition) is 4. The average Bonchev–Trinajstić information content (AvgIpc) is 2.43. The summed E-state index contributed by atoms with van der Waals surface area (Å²) < 4.78 is 4.48. The highest BCUT2D eigenvalue weighted by Crippen LogP contribution is 2.30. The number of hydrogen-bond donors (Lipinski definition) is 1. The van der Waals surface area contributed by atoms with Gasteiger partial charge in [-0.25, -0.2) is 4.79 Å². The summed E-state index contributed by atoms with van der Waals surface area (Å²) in [7, 11) is 0. The molecule has 2 aliphatic heterocycles. The number of ether oxygens (including phenoxy) is 1. The lowest BCUT2D eigenvalue weighted by Gasteiger charge is -2.29. The third-order valence-corrected chi connectivity index (χ3v) is 2.51. The molecule has 0 aliphatic carbocycles. The van der Waals surface area contributed by atoms with Gasteiger partial charge in [-0.15, -0.1) is 0 Å². The van der Waals surface area contributed by atoms with Crippen molar-refractivity contribution in [3.05, 3.63) is 0 Å². The molecule has 13 heavy (non-hydrogen) atoms. The predicted octanol–water partition coefficient (Wildman–Crippen LogP) is -0.501. The number of nitrogens with one attached hydrogen (secondary N) is 1. The van der Waals surface area contributed by atoms with E-state index in [-0.39, 0.29) is 12.3 Å². The smallest absolute Gasteiger partial charge is 0.339 e. The Morgan fingerprint density at radius 3 is 2.38 bits per heavy atom. The summed E-state index contributed by atoms with van der Waals surface area (Å²) in [5.41, 5.74) is -0.898. The van der Waals surface area contributed by atoms with E-state index < -0.39 is 17.5 Å². The zero-order valence-corrected chi connectivity index (χ0v) is 6.96. The molecule has 0 aromatic carbocycles. The maximum atomic E-state index is 11.3. The number of rotatable bonds is 0. The van der Waals surface area contributed by atoms with E-state index in [1.165, 1.54) is 0 Å². The van der Waals surface area contributed by atoms with E-state index in [2.05, 4.69) is 10.1 Å². The van der Waals surface area contributed by atoms with Gasteiger partial charge in [0.1, 0.15) is 5.54 Å². The van der Waals surface area contributed by atoms with Crippen molar-refractivity contribution in [2.24, 2.45) is 0 Å². The maximum absolute atomic E-state index is 11.3. The van der Waals surface area contributed by atoms with Crippen LogP contribution >= 0.6 is 0 Å². The van der Waals surface area contributed by atoms with Gasteiger partial charge >= 0.3 is 11.9 Å². The molecule has 2 fully saturated rings. The topological polar surface area (TPSA) is 72.5 Å². The minimum atomic E-state index is -0.898. The Bertz CT molecular complexity index is 299. The third kappa shape index (κ3) is 1.20. The Hall–Kier alpha value is -1.39. The zero-order valence-electron chi connectivity index (χ0n) is 6.96. The fourth-order valence-electron chi connectivity index (χ4n) is 1.73. The molecule has 1 atom stereocenters. The van der Waals surface area contributed by atoms with Crippen LogP contribution in [0.3, 0.4) is 0 Å². The number of cyclic esters (lactones) is 2. The molecule has 70 valence electrons. The zero-order chi connectivity index (χ0) is 9.47. The lowest BCUT2D eigenvalue weighted by molar-refractivity contribution is -0.170. The van der Waals surface area contributed by atoms with Crippen molar-refractivity contribution in [1.82, 2.24) is 5.32 Å². The van der Waals surface area contributed by atoms with Gasteiger partial charge in [-0.1, -0.05) is 0 Å². The largest absolute Gasteiger partial charge is 0.391 e. The standard InChI is InChI=1S/C8H9NO4/c10-5-1-3-8(9-5)4-2-6(11)13-7(8)12/h1-4H2,(H,9,10)/t8-/m0/s1. The van der Waals surface area contributed by atoms with Crippen molar-refractivity contribution >= 4 is 17.8 Å². The van der Waals surface area contributed by atoms with Crippen LogP contribution < -0.4 is 5.32 Å². The number of esters is 2. The van der Waals surface area contributed by atoms with Gasteiger partial charge in [-0.3, -0.25) is 9.59 Å². The molecule has 0 radical (unpaired) electrons. The molecule has 2 rings (SSSR count). The van der Waals surface area contributed by atoms with Gasteiger partial charge in [0.25, 0.3) is 0 Å². The summed E-state index contributed by atoms with van der Waals surface area (Å²) in [5, 5.41) is 2.57. The number of amides is 1. The molecule has 5 heteroatoms. The highest BCUT2D eigenvalue weighted by Gasteiger charge is 2.49. The molecule has 1 spiro atoms. The van der Waals surface area contributed by atoms with Crippen LogP contribution in [0.2, 0.25) is 0 Å². The van der Waals surface area contributed by atoms with Gasteiger partial charge in [0.15, 0.2) is 0 Å². The van der Waals surface area contributed by atoms with Crippen LogP contribution in [-0.4, -0.2) is 23.4 Å². The lowest BCUT2D eigenvalue weighted by atomic mass is 9.90. The van der Waals surface area contributed by atoms with E-state index in [0.29, 0.717) is 19.3 Å². The van der Waals surface area contributed by atoms with Crippen molar-refractivity contribution in [2.75, 3.05) is 0 Å². The highest BCUT2D eigenvalue weighted by molar-refractivity contribution is 5.98. The van der Waals surface area contributed by atoms with Gasteiger partial charge in [-0.05, 0) is 12.8 Å². The van der Waals surface area contributed by atoms with Crippen LogP contribution in [0, 0.1) is 0 Å².